The molecule has 5 rings (SSSR count). The van der Waals surface area contributed by atoms with Crippen LogP contribution in [0.4, 0.5) is 8.78 Å². The van der Waals surface area contributed by atoms with Gasteiger partial charge in [0.1, 0.15) is 34.6 Å². The van der Waals surface area contributed by atoms with Crippen molar-refractivity contribution in [1.82, 2.24) is 14.0 Å². The molecule has 0 N–H and O–H groups in total. The Labute approximate surface area is 197 Å². The van der Waals surface area contributed by atoms with Crippen LogP contribution in [0.1, 0.15) is 34.3 Å². The molecule has 0 bridgehead atoms. The van der Waals surface area contributed by atoms with E-state index >= 15 is 0 Å². The lowest BCUT2D eigenvalue weighted by molar-refractivity contribution is 0.0950. The van der Waals surface area contributed by atoms with E-state index in [4.69, 9.17) is 4.74 Å². The number of nitrogens with zero attached hydrogens (tertiary/aromatic N) is 5. The molecule has 4 heterocycles. The maximum Gasteiger partial charge on any atom is 0.284 e. The first kappa shape index (κ1) is 22.6. The highest BCUT2D eigenvalue weighted by molar-refractivity contribution is 5.95. The molecule has 4 aromatic rings. The fourth-order valence-electron chi connectivity index (χ4n) is 4.31. The summed E-state index contributed by atoms with van der Waals surface area (Å²) in [6.07, 6.45) is 2.84. The smallest absolute Gasteiger partial charge is 0.284 e. The van der Waals surface area contributed by atoms with Crippen molar-refractivity contribution in [2.75, 3.05) is 6.61 Å². The van der Waals surface area contributed by atoms with Crippen LogP contribution >= 0.6 is 0 Å². The largest absolute Gasteiger partial charge is 0.376 e. The normalized spacial score (nSPS) is 16.2. The number of nitriles is 1. The van der Waals surface area contributed by atoms with Gasteiger partial charge < -0.3 is 9.30 Å². The maximum absolute atomic E-state index is 14.3. The van der Waals surface area contributed by atoms with Crippen molar-refractivity contribution in [1.29, 1.82) is 5.26 Å². The summed E-state index contributed by atoms with van der Waals surface area (Å²) in [5, 5.41) is 10.0. The summed E-state index contributed by atoms with van der Waals surface area (Å²) in [5.41, 5.74) is -0.151. The van der Waals surface area contributed by atoms with E-state index in [1.165, 1.54) is 15.0 Å². The zero-order valence-electron chi connectivity index (χ0n) is 18.7. The molecule has 1 aliphatic rings. The van der Waals surface area contributed by atoms with Gasteiger partial charge in [-0.1, -0.05) is 12.1 Å². The molecule has 3 aromatic heterocycles. The summed E-state index contributed by atoms with van der Waals surface area (Å²) in [4.78, 5) is 34.8. The fourth-order valence-corrected chi connectivity index (χ4v) is 4.31. The number of benzene rings is 1. The molecule has 176 valence electrons. The lowest BCUT2D eigenvalue weighted by Gasteiger charge is -2.17. The lowest BCUT2D eigenvalue weighted by atomic mass is 10.1. The summed E-state index contributed by atoms with van der Waals surface area (Å²) in [6.45, 7) is 2.49. The van der Waals surface area contributed by atoms with Crippen LogP contribution in [0, 0.1) is 29.9 Å². The highest BCUT2D eigenvalue weighted by atomic mass is 19.1. The summed E-state index contributed by atoms with van der Waals surface area (Å²) < 4.78 is 37.1. The van der Waals surface area contributed by atoms with E-state index in [0.717, 1.165) is 30.2 Å². The zero-order valence-corrected chi connectivity index (χ0v) is 18.7. The van der Waals surface area contributed by atoms with Crippen molar-refractivity contribution in [2.45, 2.75) is 32.4 Å². The highest BCUT2D eigenvalue weighted by Gasteiger charge is 2.23. The van der Waals surface area contributed by atoms with Crippen LogP contribution in [0.25, 0.3) is 16.7 Å². The molecule has 1 saturated heterocycles. The monoisotopic (exact) mass is 475 g/mol. The third-order valence-corrected chi connectivity index (χ3v) is 6.02. The molecule has 0 saturated carbocycles. The van der Waals surface area contributed by atoms with Crippen LogP contribution in [0.2, 0.25) is 0 Å². The van der Waals surface area contributed by atoms with Gasteiger partial charge in [-0.05, 0) is 49.6 Å². The second-order valence-electron chi connectivity index (χ2n) is 8.29. The number of carbonyl (C=O) groups is 1. The molecular weight excluding hydrogens is 456 g/mol. The molecule has 0 aliphatic carbocycles. The Bertz CT molecular complexity index is 1660. The Morgan fingerprint density at radius 3 is 2.71 bits per heavy atom. The number of aromatic nitrogens is 3. The van der Waals surface area contributed by atoms with Gasteiger partial charge >= 0.3 is 0 Å². The summed E-state index contributed by atoms with van der Waals surface area (Å²) in [5.74, 6) is -3.32. The predicted octanol–water partition coefficient (Wildman–Crippen LogP) is 3.03. The molecule has 1 aromatic carbocycles. The van der Waals surface area contributed by atoms with E-state index in [1.807, 2.05) is 6.07 Å². The Morgan fingerprint density at radius 2 is 2.03 bits per heavy atom. The molecule has 1 aliphatic heterocycles. The van der Waals surface area contributed by atoms with Gasteiger partial charge in [-0.25, -0.2) is 13.8 Å². The van der Waals surface area contributed by atoms with E-state index in [-0.39, 0.29) is 34.7 Å². The van der Waals surface area contributed by atoms with Crippen molar-refractivity contribution in [2.24, 2.45) is 4.99 Å². The van der Waals surface area contributed by atoms with Gasteiger partial charge in [0.25, 0.3) is 11.5 Å². The number of ether oxygens (including phenoxy) is 1. The first-order valence-electron chi connectivity index (χ1n) is 11.0. The Hall–Kier alpha value is -4.23. The molecule has 35 heavy (non-hydrogen) atoms. The standard InChI is InChI=1S/C25H19F2N5O3/c1-14-5-3-9-31-21(14)29-23-17(25(31)34)11-15(12-28)22(32(23)13-16-6-4-10-35-16)30-24(33)20-18(26)7-2-8-19(20)27/h2-3,5,7-9,11,16H,4,6,10,13H2,1H3/t16-/m0/s1. The SMILES string of the molecule is Cc1cccn2c(=O)c3cc(C#N)c(=NC(=O)c4c(F)cccc4F)n(C[C@@H]4CCCO4)c3nc12. The Kier molecular flexibility index (Phi) is 5.70. The van der Waals surface area contributed by atoms with Crippen molar-refractivity contribution < 1.29 is 18.3 Å². The van der Waals surface area contributed by atoms with Gasteiger partial charge in [0, 0.05) is 12.8 Å². The predicted molar refractivity (Wildman–Crippen MR) is 122 cm³/mol. The quantitative estimate of drug-likeness (QED) is 0.424. The third-order valence-electron chi connectivity index (χ3n) is 6.02. The molecule has 0 spiro atoms. The Morgan fingerprint density at radius 1 is 1.26 bits per heavy atom. The van der Waals surface area contributed by atoms with Crippen LogP contribution in [-0.4, -0.2) is 32.6 Å². The highest BCUT2D eigenvalue weighted by Crippen LogP contribution is 2.18. The minimum Gasteiger partial charge on any atom is -0.376 e. The number of pyridine rings is 2. The van der Waals surface area contributed by atoms with Crippen LogP contribution in [0.15, 0.2) is 52.4 Å². The van der Waals surface area contributed by atoms with Gasteiger partial charge in [0.05, 0.1) is 23.6 Å². The van der Waals surface area contributed by atoms with E-state index in [2.05, 4.69) is 9.98 Å². The van der Waals surface area contributed by atoms with Crippen LogP contribution in [0.5, 0.6) is 0 Å². The van der Waals surface area contributed by atoms with E-state index < -0.39 is 28.7 Å². The molecular formula is C25H19F2N5O3. The number of carbonyl (C=O) groups excluding carboxylic acids is 1. The first-order valence-corrected chi connectivity index (χ1v) is 11.0. The Balaban J connectivity index is 1.87. The van der Waals surface area contributed by atoms with Gasteiger partial charge in [-0.2, -0.15) is 10.3 Å². The van der Waals surface area contributed by atoms with Gasteiger partial charge in [-0.15, -0.1) is 0 Å². The number of hydrogen-bond acceptors (Lipinski definition) is 5. The first-order chi connectivity index (χ1) is 16.9. The number of hydrogen-bond donors (Lipinski definition) is 0. The average molecular weight is 475 g/mol. The van der Waals surface area contributed by atoms with E-state index in [1.54, 1.807) is 25.3 Å². The summed E-state index contributed by atoms with van der Waals surface area (Å²) in [6, 6.07) is 9.82. The molecule has 1 amide bonds. The second-order valence-corrected chi connectivity index (χ2v) is 8.29. The fraction of sp³-hybridized carbons (Fsp3) is 0.240. The van der Waals surface area contributed by atoms with E-state index in [9.17, 15) is 23.6 Å². The van der Waals surface area contributed by atoms with Crippen molar-refractivity contribution in [3.05, 3.63) is 86.8 Å². The number of fused-ring (bicyclic) bond motifs is 2. The lowest BCUT2D eigenvalue weighted by Crippen LogP contribution is -2.33. The second kappa shape index (κ2) is 8.85. The molecule has 0 radical (unpaired) electrons. The maximum atomic E-state index is 14.3. The number of amides is 1. The molecule has 10 heteroatoms. The minimum absolute atomic E-state index is 0.105. The van der Waals surface area contributed by atoms with E-state index in [0.29, 0.717) is 18.7 Å². The van der Waals surface area contributed by atoms with Gasteiger partial charge in [-0.3, -0.25) is 14.0 Å². The van der Waals surface area contributed by atoms with Crippen LogP contribution < -0.4 is 11.0 Å². The number of rotatable bonds is 3. The molecule has 1 atom stereocenters. The van der Waals surface area contributed by atoms with Crippen molar-refractivity contribution >= 4 is 22.6 Å². The minimum atomic E-state index is -1.19. The van der Waals surface area contributed by atoms with Gasteiger partial charge in [0.2, 0.25) is 0 Å². The topological polar surface area (TPSA) is 102 Å². The average Bonchev–Trinajstić information content (AvgIpc) is 3.34. The number of aryl methyl sites for hydroxylation is 1. The molecule has 8 nitrogen and oxygen atoms in total. The molecule has 0 unspecified atom stereocenters. The summed E-state index contributed by atoms with van der Waals surface area (Å²) in [7, 11) is 0. The van der Waals surface area contributed by atoms with Crippen LogP contribution in [0.3, 0.4) is 0 Å². The summed E-state index contributed by atoms with van der Waals surface area (Å²) >= 11 is 0. The molecule has 1 fully saturated rings. The third kappa shape index (κ3) is 3.90. The number of halogens is 2. The zero-order chi connectivity index (χ0) is 24.7. The van der Waals surface area contributed by atoms with Crippen molar-refractivity contribution in [3.8, 4) is 6.07 Å². The van der Waals surface area contributed by atoms with Crippen molar-refractivity contribution in [3.63, 3.8) is 0 Å². The van der Waals surface area contributed by atoms with Gasteiger partial charge in [0.15, 0.2) is 5.49 Å². The van der Waals surface area contributed by atoms with Crippen LogP contribution in [-0.2, 0) is 11.3 Å².